The lowest BCUT2D eigenvalue weighted by Crippen LogP contribution is -2.40. The van der Waals surface area contributed by atoms with Crippen molar-refractivity contribution >= 4 is 41.3 Å². The molecule has 0 aliphatic carbocycles. The molecule has 0 radical (unpaired) electrons. The Labute approximate surface area is 164 Å². The van der Waals surface area contributed by atoms with Crippen molar-refractivity contribution in [3.05, 3.63) is 46.3 Å². The van der Waals surface area contributed by atoms with Crippen LogP contribution in [0.1, 0.15) is 16.9 Å². The number of hydrogen-bond acceptors (Lipinski definition) is 4. The van der Waals surface area contributed by atoms with E-state index in [4.69, 9.17) is 4.74 Å². The van der Waals surface area contributed by atoms with E-state index in [2.05, 4.69) is 38.6 Å². The standard InChI is InChI=1S/C17H22N4OS.HI/c1-13-7-10-23-15(13)11-20-17(18-2)21-9-6-14(12-21)22-16-5-3-4-8-19-16;/h3-5,7-8,10,14H,6,9,11-12H2,1-2H3,(H,18,20);1H. The van der Waals surface area contributed by atoms with Gasteiger partial charge < -0.3 is 15.0 Å². The van der Waals surface area contributed by atoms with Crippen LogP contribution in [0, 0.1) is 6.92 Å². The molecule has 2 aromatic rings. The van der Waals surface area contributed by atoms with Crippen LogP contribution in [-0.2, 0) is 6.54 Å². The van der Waals surface area contributed by atoms with Gasteiger partial charge in [-0.25, -0.2) is 4.98 Å². The van der Waals surface area contributed by atoms with Crippen LogP contribution in [0.4, 0.5) is 0 Å². The Balaban J connectivity index is 0.00000208. The maximum absolute atomic E-state index is 5.94. The number of aliphatic imine (C=N–C) groups is 1. The van der Waals surface area contributed by atoms with Crippen LogP contribution >= 0.6 is 35.3 Å². The maximum Gasteiger partial charge on any atom is 0.213 e. The number of aromatic nitrogens is 1. The summed E-state index contributed by atoms with van der Waals surface area (Å²) in [6, 6.07) is 7.89. The first-order chi connectivity index (χ1) is 11.3. The number of pyridine rings is 1. The Bertz CT molecular complexity index is 662. The molecule has 24 heavy (non-hydrogen) atoms. The molecule has 1 aliphatic rings. The molecule has 0 aromatic carbocycles. The van der Waals surface area contributed by atoms with E-state index in [1.165, 1.54) is 10.4 Å². The Morgan fingerprint density at radius 2 is 2.33 bits per heavy atom. The van der Waals surface area contributed by atoms with Gasteiger partial charge in [-0.15, -0.1) is 35.3 Å². The maximum atomic E-state index is 5.94. The lowest BCUT2D eigenvalue weighted by Gasteiger charge is -2.21. The van der Waals surface area contributed by atoms with Crippen LogP contribution in [0.25, 0.3) is 0 Å². The zero-order chi connectivity index (χ0) is 16.1. The van der Waals surface area contributed by atoms with Gasteiger partial charge in [0.15, 0.2) is 5.96 Å². The Kier molecular flexibility index (Phi) is 7.29. The number of hydrogen-bond donors (Lipinski definition) is 1. The number of likely N-dealkylation sites (tertiary alicyclic amines) is 1. The molecule has 2 aromatic heterocycles. The van der Waals surface area contributed by atoms with Crippen LogP contribution in [0.5, 0.6) is 5.88 Å². The Morgan fingerprint density at radius 1 is 1.46 bits per heavy atom. The summed E-state index contributed by atoms with van der Waals surface area (Å²) in [4.78, 5) is 12.2. The molecule has 1 N–H and O–H groups in total. The number of nitrogens with zero attached hydrogens (tertiary/aromatic N) is 3. The summed E-state index contributed by atoms with van der Waals surface area (Å²) >= 11 is 1.78. The molecular weight excluding hydrogens is 435 g/mol. The van der Waals surface area contributed by atoms with Gasteiger partial charge in [0.1, 0.15) is 6.10 Å². The molecule has 3 rings (SSSR count). The predicted molar refractivity (Wildman–Crippen MR) is 110 cm³/mol. The fourth-order valence-corrected chi connectivity index (χ4v) is 3.53. The molecule has 0 saturated carbocycles. The highest BCUT2D eigenvalue weighted by Gasteiger charge is 2.26. The van der Waals surface area contributed by atoms with E-state index in [-0.39, 0.29) is 30.1 Å². The van der Waals surface area contributed by atoms with Crippen molar-refractivity contribution in [1.82, 2.24) is 15.2 Å². The Morgan fingerprint density at radius 3 is 3.00 bits per heavy atom. The third-order valence-corrected chi connectivity index (χ3v) is 4.98. The number of guanidine groups is 1. The minimum absolute atomic E-state index is 0. The zero-order valence-electron chi connectivity index (χ0n) is 13.9. The molecule has 0 bridgehead atoms. The summed E-state index contributed by atoms with van der Waals surface area (Å²) in [7, 11) is 1.83. The van der Waals surface area contributed by atoms with Gasteiger partial charge in [-0.3, -0.25) is 4.99 Å². The number of nitrogens with one attached hydrogen (secondary N) is 1. The van der Waals surface area contributed by atoms with Crippen LogP contribution in [-0.4, -0.2) is 42.1 Å². The van der Waals surface area contributed by atoms with E-state index >= 15 is 0 Å². The van der Waals surface area contributed by atoms with Crippen molar-refractivity contribution in [3.8, 4) is 5.88 Å². The van der Waals surface area contributed by atoms with E-state index in [1.807, 2.05) is 25.2 Å². The van der Waals surface area contributed by atoms with Crippen LogP contribution < -0.4 is 10.1 Å². The highest BCUT2D eigenvalue weighted by Crippen LogP contribution is 2.17. The van der Waals surface area contributed by atoms with E-state index in [0.29, 0.717) is 5.88 Å². The first-order valence-electron chi connectivity index (χ1n) is 7.82. The molecule has 7 heteroatoms. The summed E-state index contributed by atoms with van der Waals surface area (Å²) in [5.41, 5.74) is 1.33. The van der Waals surface area contributed by atoms with Crippen LogP contribution in [0.2, 0.25) is 0 Å². The number of ether oxygens (including phenoxy) is 1. The third-order valence-electron chi connectivity index (χ3n) is 3.96. The van der Waals surface area contributed by atoms with Crippen molar-refractivity contribution < 1.29 is 4.74 Å². The predicted octanol–water partition coefficient (Wildman–Crippen LogP) is 3.30. The molecule has 0 spiro atoms. The molecular formula is C17H23IN4OS. The van der Waals surface area contributed by atoms with Gasteiger partial charge in [-0.05, 0) is 30.0 Å². The van der Waals surface area contributed by atoms with Crippen molar-refractivity contribution in [2.45, 2.75) is 26.0 Å². The fraction of sp³-hybridized carbons (Fsp3) is 0.412. The van der Waals surface area contributed by atoms with E-state index in [0.717, 1.165) is 32.0 Å². The summed E-state index contributed by atoms with van der Waals surface area (Å²) < 4.78 is 5.94. The molecule has 130 valence electrons. The zero-order valence-corrected chi connectivity index (χ0v) is 17.1. The van der Waals surface area contributed by atoms with Gasteiger partial charge >= 0.3 is 0 Å². The third kappa shape index (κ3) is 4.83. The van der Waals surface area contributed by atoms with Gasteiger partial charge in [0, 0.05) is 37.2 Å². The summed E-state index contributed by atoms with van der Waals surface area (Å²) in [5.74, 6) is 1.63. The highest BCUT2D eigenvalue weighted by atomic mass is 127. The number of thiophene rings is 1. The molecule has 1 fully saturated rings. The lowest BCUT2D eigenvalue weighted by atomic mass is 10.3. The summed E-state index contributed by atoms with van der Waals surface area (Å²) in [5, 5.41) is 5.58. The first-order valence-corrected chi connectivity index (χ1v) is 8.70. The van der Waals surface area contributed by atoms with Crippen LogP contribution in [0.15, 0.2) is 40.8 Å². The van der Waals surface area contributed by atoms with Crippen molar-refractivity contribution in [2.24, 2.45) is 4.99 Å². The molecule has 1 saturated heterocycles. The molecule has 0 amide bonds. The van der Waals surface area contributed by atoms with E-state index < -0.39 is 0 Å². The van der Waals surface area contributed by atoms with Crippen molar-refractivity contribution in [3.63, 3.8) is 0 Å². The minimum Gasteiger partial charge on any atom is -0.472 e. The van der Waals surface area contributed by atoms with Crippen molar-refractivity contribution in [2.75, 3.05) is 20.1 Å². The van der Waals surface area contributed by atoms with Gasteiger partial charge in [-0.2, -0.15) is 0 Å². The Hall–Kier alpha value is -1.35. The molecule has 3 heterocycles. The second-order valence-electron chi connectivity index (χ2n) is 5.57. The topological polar surface area (TPSA) is 49.8 Å². The molecule has 5 nitrogen and oxygen atoms in total. The summed E-state index contributed by atoms with van der Waals surface area (Å²) in [6.45, 7) is 4.74. The first kappa shape index (κ1) is 19.0. The van der Waals surface area contributed by atoms with Gasteiger partial charge in [0.2, 0.25) is 5.88 Å². The summed E-state index contributed by atoms with van der Waals surface area (Å²) in [6.07, 6.45) is 2.90. The average Bonchev–Trinajstić information content (AvgIpc) is 3.19. The highest BCUT2D eigenvalue weighted by molar-refractivity contribution is 14.0. The second kappa shape index (κ2) is 9.22. The number of halogens is 1. The molecule has 1 aliphatic heterocycles. The van der Waals surface area contributed by atoms with E-state index in [9.17, 15) is 0 Å². The molecule has 1 atom stereocenters. The van der Waals surface area contributed by atoms with Gasteiger partial charge in [0.25, 0.3) is 0 Å². The average molecular weight is 458 g/mol. The fourth-order valence-electron chi connectivity index (χ4n) is 2.68. The normalized spacial score (nSPS) is 17.5. The van der Waals surface area contributed by atoms with Crippen LogP contribution in [0.3, 0.4) is 0 Å². The second-order valence-corrected chi connectivity index (χ2v) is 6.57. The molecule has 1 unspecified atom stereocenters. The largest absolute Gasteiger partial charge is 0.472 e. The number of aryl methyl sites for hydroxylation is 1. The van der Waals surface area contributed by atoms with Crippen molar-refractivity contribution in [1.29, 1.82) is 0 Å². The smallest absolute Gasteiger partial charge is 0.213 e. The minimum atomic E-state index is 0. The SMILES string of the molecule is CN=C(NCc1sccc1C)N1CCC(Oc2ccccn2)C1.I. The van der Waals surface area contributed by atoms with E-state index in [1.54, 1.807) is 17.5 Å². The van der Waals surface area contributed by atoms with Gasteiger partial charge in [-0.1, -0.05) is 6.07 Å². The monoisotopic (exact) mass is 458 g/mol. The van der Waals surface area contributed by atoms with Gasteiger partial charge in [0.05, 0.1) is 13.1 Å². The lowest BCUT2D eigenvalue weighted by molar-refractivity contribution is 0.205. The number of rotatable bonds is 4. The quantitative estimate of drug-likeness (QED) is 0.434.